The van der Waals surface area contributed by atoms with Crippen molar-refractivity contribution in [1.82, 2.24) is 4.90 Å². The Balaban J connectivity index is 2.46. The lowest BCUT2D eigenvalue weighted by Crippen LogP contribution is -2.33. The molecule has 94 valence electrons. The molecule has 1 aliphatic heterocycles. The molecule has 0 saturated carbocycles. The fraction of sp³-hybridized carbons (Fsp3) is 0.200. The minimum Gasteiger partial charge on any atom is -0.454 e. The van der Waals surface area contributed by atoms with E-state index in [1.54, 1.807) is 6.92 Å². The lowest BCUT2D eigenvalue weighted by atomic mass is 10.3. The predicted molar refractivity (Wildman–Crippen MR) is 62.5 cm³/mol. The number of guanidine groups is 1. The normalized spacial score (nSPS) is 17.4. The number of carbonyl (C=O) groups is 1. The molecule has 0 bridgehead atoms. The summed E-state index contributed by atoms with van der Waals surface area (Å²) in [7, 11) is 1.46. The zero-order chi connectivity index (χ0) is 13.4. The van der Waals surface area contributed by atoms with Gasteiger partial charge in [-0.25, -0.2) is 4.99 Å². The molecule has 18 heavy (non-hydrogen) atoms. The van der Waals surface area contributed by atoms with Gasteiger partial charge in [-0.05, 0) is 6.92 Å². The quantitative estimate of drug-likeness (QED) is 0.469. The van der Waals surface area contributed by atoms with Gasteiger partial charge < -0.3 is 10.2 Å². The van der Waals surface area contributed by atoms with Gasteiger partial charge >= 0.3 is 5.69 Å². The zero-order valence-corrected chi connectivity index (χ0v) is 9.71. The topological polar surface area (TPSA) is 115 Å². The highest BCUT2D eigenvalue weighted by molar-refractivity contribution is 6.13. The lowest BCUT2D eigenvalue weighted by molar-refractivity contribution is -0.385. The molecule has 1 amide bonds. The van der Waals surface area contributed by atoms with Crippen LogP contribution in [-0.2, 0) is 4.79 Å². The fourth-order valence-corrected chi connectivity index (χ4v) is 1.51. The second-order valence-corrected chi connectivity index (χ2v) is 3.73. The van der Waals surface area contributed by atoms with E-state index in [9.17, 15) is 14.9 Å². The van der Waals surface area contributed by atoms with E-state index in [0.29, 0.717) is 5.76 Å². The number of carbonyl (C=O) groups excluding carboxylic acids is 1. The van der Waals surface area contributed by atoms with Crippen LogP contribution in [0.15, 0.2) is 21.2 Å². The van der Waals surface area contributed by atoms with Gasteiger partial charge in [0, 0.05) is 13.1 Å². The number of nitrogens with two attached hydrogens (primary N) is 1. The molecule has 1 aromatic heterocycles. The van der Waals surface area contributed by atoms with Crippen LogP contribution in [0.25, 0.3) is 6.08 Å². The van der Waals surface area contributed by atoms with Crippen molar-refractivity contribution in [1.29, 1.82) is 0 Å². The molecule has 1 aromatic rings. The molecule has 0 radical (unpaired) electrons. The van der Waals surface area contributed by atoms with Gasteiger partial charge in [-0.3, -0.25) is 19.8 Å². The molecule has 0 aliphatic carbocycles. The van der Waals surface area contributed by atoms with E-state index in [2.05, 4.69) is 4.99 Å². The Kier molecular flexibility index (Phi) is 2.62. The largest absolute Gasteiger partial charge is 0.454 e. The van der Waals surface area contributed by atoms with Crippen LogP contribution in [0, 0.1) is 17.0 Å². The van der Waals surface area contributed by atoms with Crippen LogP contribution in [0.3, 0.4) is 0 Å². The van der Waals surface area contributed by atoms with Crippen LogP contribution in [-0.4, -0.2) is 28.7 Å². The Morgan fingerprint density at radius 2 is 2.28 bits per heavy atom. The summed E-state index contributed by atoms with van der Waals surface area (Å²) in [4.78, 5) is 26.8. The van der Waals surface area contributed by atoms with E-state index in [1.807, 2.05) is 0 Å². The minimum atomic E-state index is -0.584. The van der Waals surface area contributed by atoms with Crippen molar-refractivity contribution in [3.63, 3.8) is 0 Å². The fourth-order valence-electron chi connectivity index (χ4n) is 1.51. The lowest BCUT2D eigenvalue weighted by Gasteiger charge is -2.05. The number of hydrogen-bond acceptors (Lipinski definition) is 6. The number of aliphatic imine (C=N–C) groups is 1. The van der Waals surface area contributed by atoms with Crippen molar-refractivity contribution >= 4 is 23.6 Å². The van der Waals surface area contributed by atoms with Crippen molar-refractivity contribution in [2.45, 2.75) is 6.92 Å². The van der Waals surface area contributed by atoms with E-state index in [0.717, 1.165) is 4.90 Å². The van der Waals surface area contributed by atoms with Crippen molar-refractivity contribution in [2.24, 2.45) is 10.7 Å². The number of hydrogen-bond donors (Lipinski definition) is 1. The Hall–Kier alpha value is -2.64. The molecule has 8 nitrogen and oxygen atoms in total. The van der Waals surface area contributed by atoms with Crippen LogP contribution in [0.5, 0.6) is 0 Å². The van der Waals surface area contributed by atoms with Crippen molar-refractivity contribution < 1.29 is 14.1 Å². The first-order chi connectivity index (χ1) is 8.40. The molecule has 2 rings (SSSR count). The highest BCUT2D eigenvalue weighted by Crippen LogP contribution is 2.26. The van der Waals surface area contributed by atoms with Crippen LogP contribution in [0.2, 0.25) is 0 Å². The highest BCUT2D eigenvalue weighted by atomic mass is 16.6. The molecule has 0 saturated heterocycles. The SMILES string of the molecule is Cc1cc([N+](=O)[O-])c(/C=C2\N=C(N)N(C)C2=O)o1. The third-order valence-corrected chi connectivity index (χ3v) is 2.43. The van der Waals surface area contributed by atoms with Gasteiger partial charge in [-0.15, -0.1) is 0 Å². The molecule has 0 aromatic carbocycles. The Morgan fingerprint density at radius 1 is 1.61 bits per heavy atom. The first-order valence-corrected chi connectivity index (χ1v) is 4.99. The van der Waals surface area contributed by atoms with Gasteiger partial charge in [0.1, 0.15) is 11.5 Å². The maximum absolute atomic E-state index is 11.7. The standard InChI is InChI=1S/C10H10N4O4/c1-5-3-7(14(16)17)8(18-5)4-6-9(15)13(2)10(11)12-6/h3-4H,1-2H3,(H2,11,12)/b6-4-. The summed E-state index contributed by atoms with van der Waals surface area (Å²) >= 11 is 0. The van der Waals surface area contributed by atoms with E-state index < -0.39 is 10.8 Å². The van der Waals surface area contributed by atoms with Gasteiger partial charge in [0.25, 0.3) is 5.91 Å². The summed E-state index contributed by atoms with van der Waals surface area (Å²) in [5.41, 5.74) is 5.26. The summed E-state index contributed by atoms with van der Waals surface area (Å²) in [6.07, 6.45) is 1.21. The van der Waals surface area contributed by atoms with Crippen LogP contribution in [0.1, 0.15) is 11.5 Å². The number of furan rings is 1. The molecule has 0 fully saturated rings. The summed E-state index contributed by atoms with van der Waals surface area (Å²) in [6, 6.07) is 1.28. The van der Waals surface area contributed by atoms with Crippen molar-refractivity contribution in [3.8, 4) is 0 Å². The summed E-state index contributed by atoms with van der Waals surface area (Å²) in [6.45, 7) is 1.58. The van der Waals surface area contributed by atoms with Gasteiger partial charge in [0.05, 0.1) is 11.0 Å². The molecule has 2 heterocycles. The third kappa shape index (κ3) is 1.83. The summed E-state index contributed by atoms with van der Waals surface area (Å²) in [5, 5.41) is 10.8. The molecular weight excluding hydrogens is 240 g/mol. The predicted octanol–water partition coefficient (Wildman–Crippen LogP) is 0.624. The van der Waals surface area contributed by atoms with Crippen molar-refractivity contribution in [2.75, 3.05) is 7.05 Å². The number of nitrogens with zero attached hydrogens (tertiary/aromatic N) is 3. The second-order valence-electron chi connectivity index (χ2n) is 3.73. The maximum atomic E-state index is 11.7. The first kappa shape index (κ1) is 11.8. The maximum Gasteiger partial charge on any atom is 0.314 e. The average molecular weight is 250 g/mol. The molecular formula is C10H10N4O4. The minimum absolute atomic E-state index is 0.00690. The average Bonchev–Trinajstić information content (AvgIpc) is 2.76. The number of likely N-dealkylation sites (N-methyl/N-ethyl adjacent to an activating group) is 1. The van der Waals surface area contributed by atoms with Gasteiger partial charge in [0.15, 0.2) is 0 Å². The number of rotatable bonds is 2. The van der Waals surface area contributed by atoms with E-state index in [4.69, 9.17) is 10.2 Å². The monoisotopic (exact) mass is 250 g/mol. The van der Waals surface area contributed by atoms with Crippen LogP contribution in [0.4, 0.5) is 5.69 Å². The molecule has 2 N–H and O–H groups in total. The van der Waals surface area contributed by atoms with Gasteiger partial charge in [-0.2, -0.15) is 0 Å². The Morgan fingerprint density at radius 3 is 2.78 bits per heavy atom. The van der Waals surface area contributed by atoms with Gasteiger partial charge in [-0.1, -0.05) is 0 Å². The van der Waals surface area contributed by atoms with E-state index >= 15 is 0 Å². The molecule has 8 heteroatoms. The smallest absolute Gasteiger partial charge is 0.314 e. The van der Waals surface area contributed by atoms with Gasteiger partial charge in [0.2, 0.25) is 11.7 Å². The first-order valence-electron chi connectivity index (χ1n) is 4.99. The van der Waals surface area contributed by atoms with E-state index in [-0.39, 0.29) is 23.1 Å². The molecule has 0 spiro atoms. The van der Waals surface area contributed by atoms with E-state index in [1.165, 1.54) is 19.2 Å². The number of nitro groups is 1. The number of amides is 1. The molecule has 1 aliphatic rings. The number of aryl methyl sites for hydroxylation is 1. The Labute approximate surface area is 102 Å². The summed E-state index contributed by atoms with van der Waals surface area (Å²) < 4.78 is 5.16. The van der Waals surface area contributed by atoms with Crippen molar-refractivity contribution in [3.05, 3.63) is 33.4 Å². The summed E-state index contributed by atoms with van der Waals surface area (Å²) in [5.74, 6) is -0.0370. The molecule has 0 unspecified atom stereocenters. The zero-order valence-electron chi connectivity index (χ0n) is 9.71. The molecule has 0 atom stereocenters. The third-order valence-electron chi connectivity index (χ3n) is 2.43. The highest BCUT2D eigenvalue weighted by Gasteiger charge is 2.27. The van der Waals surface area contributed by atoms with Crippen LogP contribution >= 0.6 is 0 Å². The van der Waals surface area contributed by atoms with Crippen LogP contribution < -0.4 is 5.73 Å². The Bertz CT molecular complexity index is 599. The second kappa shape index (κ2) is 3.99.